The first-order valence-electron chi connectivity index (χ1n) is 10.2. The van der Waals surface area contributed by atoms with E-state index in [-0.39, 0.29) is 17.1 Å². The first-order valence-corrected chi connectivity index (χ1v) is 10.2. The molecule has 0 spiro atoms. The summed E-state index contributed by atoms with van der Waals surface area (Å²) in [5.41, 5.74) is 4.41. The van der Waals surface area contributed by atoms with Gasteiger partial charge in [0.15, 0.2) is 0 Å². The van der Waals surface area contributed by atoms with E-state index in [0.29, 0.717) is 12.3 Å². The Hall–Kier alpha value is -2.20. The molecule has 3 rings (SSSR count). The van der Waals surface area contributed by atoms with E-state index in [0.717, 1.165) is 37.9 Å². The van der Waals surface area contributed by atoms with E-state index in [2.05, 4.69) is 42.7 Å². The highest BCUT2D eigenvalue weighted by Crippen LogP contribution is 2.43. The SMILES string of the molecule is CNC(=O)CC(Cc1cc(C)cc(C)c1)(c1ccc(F)cc1)C1CCNCC1. The lowest BCUT2D eigenvalue weighted by atomic mass is 9.61. The molecule has 1 fully saturated rings. The minimum atomic E-state index is -0.351. The molecule has 2 aromatic rings. The molecule has 0 radical (unpaired) electrons. The molecule has 0 bridgehead atoms. The summed E-state index contributed by atoms with van der Waals surface area (Å²) in [6.07, 6.45) is 3.21. The minimum absolute atomic E-state index is 0.0345. The van der Waals surface area contributed by atoms with Gasteiger partial charge in [0.25, 0.3) is 0 Å². The quantitative estimate of drug-likeness (QED) is 0.791. The van der Waals surface area contributed by atoms with Crippen LogP contribution in [-0.4, -0.2) is 26.0 Å². The minimum Gasteiger partial charge on any atom is -0.359 e. The maximum Gasteiger partial charge on any atom is 0.220 e. The number of piperidine rings is 1. The Kier molecular flexibility index (Phi) is 6.50. The molecule has 4 heteroatoms. The molecule has 0 aliphatic carbocycles. The fraction of sp³-hybridized carbons (Fsp3) is 0.458. The zero-order valence-corrected chi connectivity index (χ0v) is 17.1. The van der Waals surface area contributed by atoms with Crippen molar-refractivity contribution in [3.05, 3.63) is 70.5 Å². The Morgan fingerprint density at radius 2 is 1.71 bits per heavy atom. The van der Waals surface area contributed by atoms with Gasteiger partial charge in [0.1, 0.15) is 5.82 Å². The summed E-state index contributed by atoms with van der Waals surface area (Å²) in [4.78, 5) is 12.6. The molecule has 2 N–H and O–H groups in total. The predicted octanol–water partition coefficient (Wildman–Crippen LogP) is 4.06. The zero-order valence-electron chi connectivity index (χ0n) is 17.1. The first-order chi connectivity index (χ1) is 13.4. The van der Waals surface area contributed by atoms with Crippen molar-refractivity contribution in [3.8, 4) is 0 Å². The molecule has 1 aliphatic rings. The van der Waals surface area contributed by atoms with Gasteiger partial charge in [0.05, 0.1) is 0 Å². The van der Waals surface area contributed by atoms with Crippen molar-refractivity contribution in [2.75, 3.05) is 20.1 Å². The number of amides is 1. The Bertz CT molecular complexity index is 792. The van der Waals surface area contributed by atoms with Crippen LogP contribution < -0.4 is 10.6 Å². The molecule has 1 unspecified atom stereocenters. The summed E-state index contributed by atoms with van der Waals surface area (Å²) >= 11 is 0. The van der Waals surface area contributed by atoms with E-state index in [4.69, 9.17) is 0 Å². The molecule has 0 aromatic heterocycles. The largest absolute Gasteiger partial charge is 0.359 e. The number of aryl methyl sites for hydroxylation is 2. The van der Waals surface area contributed by atoms with Crippen molar-refractivity contribution in [1.29, 1.82) is 0 Å². The Morgan fingerprint density at radius 3 is 2.29 bits per heavy atom. The maximum absolute atomic E-state index is 13.7. The van der Waals surface area contributed by atoms with Crippen LogP contribution in [-0.2, 0) is 16.6 Å². The van der Waals surface area contributed by atoms with E-state index in [1.807, 2.05) is 12.1 Å². The second kappa shape index (κ2) is 8.87. The fourth-order valence-electron chi connectivity index (χ4n) is 4.86. The van der Waals surface area contributed by atoms with Crippen molar-refractivity contribution >= 4 is 5.91 Å². The number of benzene rings is 2. The molecular weight excluding hydrogens is 351 g/mol. The molecule has 2 aromatic carbocycles. The predicted molar refractivity (Wildman–Crippen MR) is 112 cm³/mol. The zero-order chi connectivity index (χ0) is 20.1. The summed E-state index contributed by atoms with van der Waals surface area (Å²) in [6.45, 7) is 6.13. The van der Waals surface area contributed by atoms with Gasteiger partial charge < -0.3 is 10.6 Å². The normalized spacial score (nSPS) is 17.1. The monoisotopic (exact) mass is 382 g/mol. The number of hydrogen-bond acceptors (Lipinski definition) is 2. The standard InChI is InChI=1S/C24H31FN2O/c1-17-12-18(2)14-19(13-17)15-24(16-23(28)26-3,21-8-10-27-11-9-21)20-4-6-22(25)7-5-20/h4-7,12-14,21,27H,8-11,15-16H2,1-3H3,(H,26,28). The van der Waals surface area contributed by atoms with Gasteiger partial charge in [-0.25, -0.2) is 4.39 Å². The number of carbonyl (C=O) groups is 1. The fourth-order valence-corrected chi connectivity index (χ4v) is 4.86. The van der Waals surface area contributed by atoms with Gasteiger partial charge >= 0.3 is 0 Å². The van der Waals surface area contributed by atoms with Crippen molar-refractivity contribution < 1.29 is 9.18 Å². The number of halogens is 1. The van der Waals surface area contributed by atoms with Crippen molar-refractivity contribution in [1.82, 2.24) is 10.6 Å². The Labute approximate surface area is 167 Å². The van der Waals surface area contributed by atoms with E-state index < -0.39 is 0 Å². The summed E-state index contributed by atoms with van der Waals surface area (Å²) in [5, 5.41) is 6.26. The average molecular weight is 383 g/mol. The third kappa shape index (κ3) is 4.61. The highest BCUT2D eigenvalue weighted by Gasteiger charge is 2.42. The summed E-state index contributed by atoms with van der Waals surface area (Å²) in [5.74, 6) is 0.152. The van der Waals surface area contributed by atoms with Crippen molar-refractivity contribution in [2.24, 2.45) is 5.92 Å². The lowest BCUT2D eigenvalue weighted by molar-refractivity contribution is -0.122. The van der Waals surface area contributed by atoms with Gasteiger partial charge in [0.2, 0.25) is 5.91 Å². The smallest absolute Gasteiger partial charge is 0.220 e. The second-order valence-corrected chi connectivity index (χ2v) is 8.21. The molecule has 1 atom stereocenters. The van der Waals surface area contributed by atoms with Crippen LogP contribution in [0.15, 0.2) is 42.5 Å². The topological polar surface area (TPSA) is 41.1 Å². The van der Waals surface area contributed by atoms with E-state index in [1.165, 1.54) is 28.8 Å². The number of hydrogen-bond donors (Lipinski definition) is 2. The van der Waals surface area contributed by atoms with E-state index in [1.54, 1.807) is 7.05 Å². The highest BCUT2D eigenvalue weighted by atomic mass is 19.1. The van der Waals surface area contributed by atoms with Crippen LogP contribution in [0.2, 0.25) is 0 Å². The lowest BCUT2D eigenvalue weighted by Crippen LogP contribution is -2.46. The van der Waals surface area contributed by atoms with Gasteiger partial charge in [-0.15, -0.1) is 0 Å². The molecule has 1 amide bonds. The van der Waals surface area contributed by atoms with Crippen LogP contribution in [0.3, 0.4) is 0 Å². The maximum atomic E-state index is 13.7. The van der Waals surface area contributed by atoms with Crippen LogP contribution in [0.25, 0.3) is 0 Å². The molecule has 150 valence electrons. The van der Waals surface area contributed by atoms with E-state index in [9.17, 15) is 9.18 Å². The van der Waals surface area contributed by atoms with Crippen LogP contribution in [0.5, 0.6) is 0 Å². The molecular formula is C24H31FN2O. The lowest BCUT2D eigenvalue weighted by Gasteiger charge is -2.43. The van der Waals surface area contributed by atoms with Crippen LogP contribution in [0.4, 0.5) is 4.39 Å². The number of rotatable bonds is 6. The van der Waals surface area contributed by atoms with Crippen LogP contribution >= 0.6 is 0 Å². The van der Waals surface area contributed by atoms with Crippen LogP contribution in [0.1, 0.15) is 41.5 Å². The van der Waals surface area contributed by atoms with Gasteiger partial charge in [-0.2, -0.15) is 0 Å². The first kappa shape index (κ1) is 20.5. The summed E-state index contributed by atoms with van der Waals surface area (Å²) in [7, 11) is 1.69. The molecule has 1 saturated heterocycles. The molecule has 28 heavy (non-hydrogen) atoms. The van der Waals surface area contributed by atoms with Gasteiger partial charge in [0, 0.05) is 18.9 Å². The third-order valence-electron chi connectivity index (χ3n) is 6.10. The number of nitrogens with one attached hydrogen (secondary N) is 2. The average Bonchev–Trinajstić information content (AvgIpc) is 2.67. The number of carbonyl (C=O) groups excluding carboxylic acids is 1. The van der Waals surface area contributed by atoms with Gasteiger partial charge in [-0.3, -0.25) is 4.79 Å². The molecule has 1 heterocycles. The van der Waals surface area contributed by atoms with Gasteiger partial charge in [-0.1, -0.05) is 41.5 Å². The summed E-state index contributed by atoms with van der Waals surface area (Å²) < 4.78 is 13.7. The molecule has 3 nitrogen and oxygen atoms in total. The van der Waals surface area contributed by atoms with Crippen molar-refractivity contribution in [3.63, 3.8) is 0 Å². The molecule has 1 aliphatic heterocycles. The second-order valence-electron chi connectivity index (χ2n) is 8.21. The Morgan fingerprint density at radius 1 is 1.11 bits per heavy atom. The van der Waals surface area contributed by atoms with Crippen LogP contribution in [0, 0.1) is 25.6 Å². The highest BCUT2D eigenvalue weighted by molar-refractivity contribution is 5.77. The Balaban J connectivity index is 2.12. The summed E-state index contributed by atoms with van der Waals surface area (Å²) in [6, 6.07) is 13.4. The molecule has 0 saturated carbocycles. The van der Waals surface area contributed by atoms with Gasteiger partial charge in [-0.05, 0) is 75.4 Å². The van der Waals surface area contributed by atoms with Crippen molar-refractivity contribution in [2.45, 2.75) is 44.9 Å². The van der Waals surface area contributed by atoms with E-state index >= 15 is 0 Å². The third-order valence-corrected chi connectivity index (χ3v) is 6.10.